The predicted octanol–water partition coefficient (Wildman–Crippen LogP) is 2.50. The summed E-state index contributed by atoms with van der Waals surface area (Å²) in [4.78, 5) is 32.0. The Labute approximate surface area is 196 Å². The van der Waals surface area contributed by atoms with Crippen LogP contribution in [0.1, 0.15) is 24.5 Å². The van der Waals surface area contributed by atoms with E-state index in [1.807, 2.05) is 37.3 Å². The zero-order chi connectivity index (χ0) is 23.2. The normalized spacial score (nSPS) is 19.6. The molecule has 0 saturated carbocycles. The van der Waals surface area contributed by atoms with E-state index in [4.69, 9.17) is 4.74 Å². The van der Waals surface area contributed by atoms with E-state index < -0.39 is 0 Å². The molecule has 4 rings (SSSR count). The van der Waals surface area contributed by atoms with Crippen LogP contribution >= 0.6 is 0 Å². The van der Waals surface area contributed by atoms with Crippen LogP contribution in [-0.4, -0.2) is 68.0 Å². The molecule has 2 aromatic carbocycles. The van der Waals surface area contributed by atoms with Crippen molar-refractivity contribution >= 4 is 17.5 Å². The van der Waals surface area contributed by atoms with E-state index in [-0.39, 0.29) is 24.2 Å². The predicted molar refractivity (Wildman–Crippen MR) is 129 cm³/mol. The summed E-state index contributed by atoms with van der Waals surface area (Å²) in [5.74, 6) is 0.188. The molecule has 1 unspecified atom stereocenters. The summed E-state index contributed by atoms with van der Waals surface area (Å²) in [6, 6.07) is 15.9. The van der Waals surface area contributed by atoms with Crippen LogP contribution in [0, 0.1) is 5.92 Å². The molecule has 0 aliphatic carbocycles. The Kier molecular flexibility index (Phi) is 7.62. The van der Waals surface area contributed by atoms with Gasteiger partial charge in [0.1, 0.15) is 5.75 Å². The number of rotatable bonds is 8. The van der Waals surface area contributed by atoms with E-state index in [0.29, 0.717) is 25.4 Å². The first-order valence-electron chi connectivity index (χ1n) is 11.8. The number of nitrogens with zero attached hydrogens (tertiary/aromatic N) is 3. The maximum absolute atomic E-state index is 12.9. The number of hydrogen-bond donors (Lipinski definition) is 1. The van der Waals surface area contributed by atoms with Gasteiger partial charge in [0.05, 0.1) is 18.2 Å². The Hall–Kier alpha value is -2.90. The quantitative estimate of drug-likeness (QED) is 0.670. The van der Waals surface area contributed by atoms with Gasteiger partial charge in [-0.1, -0.05) is 36.4 Å². The monoisotopic (exact) mass is 450 g/mol. The smallest absolute Gasteiger partial charge is 0.227 e. The first kappa shape index (κ1) is 23.3. The van der Waals surface area contributed by atoms with Gasteiger partial charge in [0.25, 0.3) is 0 Å². The number of carbonyl (C=O) groups is 2. The van der Waals surface area contributed by atoms with E-state index in [9.17, 15) is 9.59 Å². The Balaban J connectivity index is 1.32. The largest absolute Gasteiger partial charge is 0.492 e. The highest BCUT2D eigenvalue weighted by Crippen LogP contribution is 2.33. The first-order chi connectivity index (χ1) is 16.0. The number of para-hydroxylation sites is 2. The summed E-state index contributed by atoms with van der Waals surface area (Å²) in [5, 5.41) is 3.04. The Morgan fingerprint density at radius 2 is 1.82 bits per heavy atom. The highest BCUT2D eigenvalue weighted by molar-refractivity contribution is 6.01. The number of nitrogens with one attached hydrogen (secondary N) is 1. The van der Waals surface area contributed by atoms with Crippen LogP contribution in [0.3, 0.4) is 0 Å². The molecule has 0 aromatic heterocycles. The summed E-state index contributed by atoms with van der Waals surface area (Å²) in [7, 11) is 2.16. The molecule has 2 fully saturated rings. The third kappa shape index (κ3) is 5.92. The van der Waals surface area contributed by atoms with E-state index in [2.05, 4.69) is 40.4 Å². The lowest BCUT2D eigenvalue weighted by atomic mass is 10.1. The molecule has 2 aliphatic rings. The van der Waals surface area contributed by atoms with Gasteiger partial charge in [-0.3, -0.25) is 14.5 Å². The zero-order valence-corrected chi connectivity index (χ0v) is 19.6. The molecule has 1 N–H and O–H groups in total. The number of benzene rings is 2. The lowest BCUT2D eigenvalue weighted by molar-refractivity contribution is -0.126. The van der Waals surface area contributed by atoms with Gasteiger partial charge in [-0.2, -0.15) is 0 Å². The molecule has 0 bridgehead atoms. The van der Waals surface area contributed by atoms with Gasteiger partial charge in [-0.25, -0.2) is 0 Å². The molecule has 0 radical (unpaired) electrons. The average molecular weight is 451 g/mol. The SMILES string of the molecule is CCOc1ccccc1N1CC(C(=O)NCc2cccc(CN3CCN(C)CC3)c2)CC1=O. The number of likely N-dealkylation sites (N-methyl/N-ethyl adjacent to an activating group) is 1. The summed E-state index contributed by atoms with van der Waals surface area (Å²) in [5.41, 5.74) is 3.08. The lowest BCUT2D eigenvalue weighted by Crippen LogP contribution is -2.43. The second-order valence-corrected chi connectivity index (χ2v) is 8.92. The number of amides is 2. The standard InChI is InChI=1S/C26H34N4O3/c1-3-33-24-10-5-4-9-23(24)30-19-22(16-25(30)31)26(32)27-17-20-7-6-8-21(15-20)18-29-13-11-28(2)12-14-29/h4-10,15,22H,3,11-14,16-19H2,1-2H3,(H,27,32). The Morgan fingerprint density at radius 3 is 2.61 bits per heavy atom. The van der Waals surface area contributed by atoms with Crippen molar-refractivity contribution in [3.8, 4) is 5.75 Å². The van der Waals surface area contributed by atoms with Crippen molar-refractivity contribution in [1.82, 2.24) is 15.1 Å². The Morgan fingerprint density at radius 1 is 1.06 bits per heavy atom. The number of hydrogen-bond acceptors (Lipinski definition) is 5. The van der Waals surface area contributed by atoms with Gasteiger partial charge in [0, 0.05) is 52.2 Å². The second kappa shape index (κ2) is 10.8. The van der Waals surface area contributed by atoms with Crippen molar-refractivity contribution in [2.45, 2.75) is 26.4 Å². The van der Waals surface area contributed by atoms with Crippen molar-refractivity contribution in [3.05, 3.63) is 59.7 Å². The molecular formula is C26H34N4O3. The fourth-order valence-corrected chi connectivity index (χ4v) is 4.51. The summed E-state index contributed by atoms with van der Waals surface area (Å²) >= 11 is 0. The van der Waals surface area contributed by atoms with Crippen LogP contribution < -0.4 is 15.0 Å². The molecule has 1 atom stereocenters. The van der Waals surface area contributed by atoms with E-state index in [0.717, 1.165) is 44.0 Å². The zero-order valence-electron chi connectivity index (χ0n) is 19.6. The van der Waals surface area contributed by atoms with Crippen LogP contribution in [0.15, 0.2) is 48.5 Å². The van der Waals surface area contributed by atoms with Crippen LogP contribution in [0.4, 0.5) is 5.69 Å². The topological polar surface area (TPSA) is 65.1 Å². The van der Waals surface area contributed by atoms with Gasteiger partial charge >= 0.3 is 0 Å². The van der Waals surface area contributed by atoms with Gasteiger partial charge in [-0.15, -0.1) is 0 Å². The van der Waals surface area contributed by atoms with E-state index >= 15 is 0 Å². The van der Waals surface area contributed by atoms with Crippen LogP contribution in [0.2, 0.25) is 0 Å². The fraction of sp³-hybridized carbons (Fsp3) is 0.462. The van der Waals surface area contributed by atoms with Crippen LogP contribution in [-0.2, 0) is 22.7 Å². The number of anilines is 1. The molecule has 2 heterocycles. The van der Waals surface area contributed by atoms with Crippen molar-refractivity contribution in [3.63, 3.8) is 0 Å². The average Bonchev–Trinajstić information content (AvgIpc) is 3.21. The van der Waals surface area contributed by atoms with Crippen molar-refractivity contribution < 1.29 is 14.3 Å². The van der Waals surface area contributed by atoms with Gasteiger partial charge in [0.15, 0.2) is 0 Å². The molecule has 2 aliphatic heterocycles. The van der Waals surface area contributed by atoms with Gasteiger partial charge in [0.2, 0.25) is 11.8 Å². The molecule has 7 heteroatoms. The highest BCUT2D eigenvalue weighted by atomic mass is 16.5. The second-order valence-electron chi connectivity index (χ2n) is 8.92. The molecule has 0 spiro atoms. The van der Waals surface area contributed by atoms with Crippen molar-refractivity contribution in [2.75, 3.05) is 51.3 Å². The number of ether oxygens (including phenoxy) is 1. The van der Waals surface area contributed by atoms with Crippen molar-refractivity contribution in [2.24, 2.45) is 5.92 Å². The molecule has 7 nitrogen and oxygen atoms in total. The van der Waals surface area contributed by atoms with E-state index in [1.54, 1.807) is 4.90 Å². The fourth-order valence-electron chi connectivity index (χ4n) is 4.51. The minimum absolute atomic E-state index is 0.0449. The summed E-state index contributed by atoms with van der Waals surface area (Å²) in [6.07, 6.45) is 0.218. The maximum atomic E-state index is 12.9. The lowest BCUT2D eigenvalue weighted by Gasteiger charge is -2.32. The van der Waals surface area contributed by atoms with Crippen LogP contribution in [0.5, 0.6) is 5.75 Å². The minimum atomic E-state index is -0.360. The molecule has 33 heavy (non-hydrogen) atoms. The summed E-state index contributed by atoms with van der Waals surface area (Å²) < 4.78 is 5.67. The first-order valence-corrected chi connectivity index (χ1v) is 11.8. The van der Waals surface area contributed by atoms with Crippen LogP contribution in [0.25, 0.3) is 0 Å². The third-order valence-corrected chi connectivity index (χ3v) is 6.41. The number of piperazine rings is 1. The highest BCUT2D eigenvalue weighted by Gasteiger charge is 2.36. The van der Waals surface area contributed by atoms with E-state index in [1.165, 1.54) is 5.56 Å². The van der Waals surface area contributed by atoms with Gasteiger partial charge < -0.3 is 19.9 Å². The summed E-state index contributed by atoms with van der Waals surface area (Å²) in [6.45, 7) is 8.57. The Bertz CT molecular complexity index is 972. The van der Waals surface area contributed by atoms with Crippen molar-refractivity contribution in [1.29, 1.82) is 0 Å². The number of carbonyl (C=O) groups excluding carboxylic acids is 2. The molecule has 2 saturated heterocycles. The van der Waals surface area contributed by atoms with Gasteiger partial charge in [-0.05, 0) is 37.2 Å². The molecule has 2 amide bonds. The molecular weight excluding hydrogens is 416 g/mol. The maximum Gasteiger partial charge on any atom is 0.227 e. The third-order valence-electron chi connectivity index (χ3n) is 6.41. The molecule has 176 valence electrons. The molecule has 2 aromatic rings. The minimum Gasteiger partial charge on any atom is -0.492 e.